The predicted molar refractivity (Wildman–Crippen MR) is 72.5 cm³/mol. The molecule has 2 aromatic heterocycles. The third-order valence-corrected chi connectivity index (χ3v) is 2.93. The van der Waals surface area contributed by atoms with Crippen LogP contribution in [0.15, 0.2) is 42.6 Å². The number of nitrogens with zero attached hydrogens (tertiary/aromatic N) is 4. The maximum atomic E-state index is 11.2. The van der Waals surface area contributed by atoms with Gasteiger partial charge in [0.15, 0.2) is 11.3 Å². The Labute approximate surface area is 117 Å². The van der Waals surface area contributed by atoms with Crippen LogP contribution < -0.4 is 0 Å². The lowest BCUT2D eigenvalue weighted by molar-refractivity contribution is -0.384. The van der Waals surface area contributed by atoms with Gasteiger partial charge in [-0.25, -0.2) is 14.5 Å². The Hall–Kier alpha value is -3.29. The first kappa shape index (κ1) is 12.7. The maximum absolute atomic E-state index is 11.2. The van der Waals surface area contributed by atoms with E-state index in [4.69, 9.17) is 0 Å². The van der Waals surface area contributed by atoms with Crippen LogP contribution in [0.4, 0.5) is 5.69 Å². The summed E-state index contributed by atoms with van der Waals surface area (Å²) < 4.78 is 1.28. The monoisotopic (exact) mass is 284 g/mol. The third-order valence-electron chi connectivity index (χ3n) is 2.93. The summed E-state index contributed by atoms with van der Waals surface area (Å²) in [7, 11) is 0. The first-order valence-electron chi connectivity index (χ1n) is 5.90. The van der Waals surface area contributed by atoms with Crippen LogP contribution in [0, 0.1) is 10.1 Å². The molecule has 0 radical (unpaired) electrons. The molecule has 3 rings (SSSR count). The summed E-state index contributed by atoms with van der Waals surface area (Å²) >= 11 is 0. The van der Waals surface area contributed by atoms with Crippen LogP contribution in [0.1, 0.15) is 10.5 Å². The van der Waals surface area contributed by atoms with Gasteiger partial charge in [0.1, 0.15) is 0 Å². The summed E-state index contributed by atoms with van der Waals surface area (Å²) in [6.45, 7) is 0. The molecule has 0 bridgehead atoms. The number of carboxylic acids is 1. The number of aromatic carboxylic acids is 1. The topological polar surface area (TPSA) is 111 Å². The second kappa shape index (κ2) is 4.67. The Morgan fingerprint density at radius 1 is 1.29 bits per heavy atom. The molecular weight excluding hydrogens is 276 g/mol. The van der Waals surface area contributed by atoms with Gasteiger partial charge < -0.3 is 5.11 Å². The minimum absolute atomic E-state index is 0.107. The van der Waals surface area contributed by atoms with Gasteiger partial charge in [-0.3, -0.25) is 10.1 Å². The molecule has 0 saturated carbocycles. The average Bonchev–Trinajstić information content (AvgIpc) is 2.87. The summed E-state index contributed by atoms with van der Waals surface area (Å²) in [5.74, 6) is -1.18. The summed E-state index contributed by atoms with van der Waals surface area (Å²) in [4.78, 5) is 25.6. The van der Waals surface area contributed by atoms with Crippen LogP contribution in [-0.4, -0.2) is 30.8 Å². The van der Waals surface area contributed by atoms with E-state index in [0.717, 1.165) is 0 Å². The quantitative estimate of drug-likeness (QED) is 0.581. The van der Waals surface area contributed by atoms with Crippen molar-refractivity contribution >= 4 is 22.7 Å². The van der Waals surface area contributed by atoms with Crippen molar-refractivity contribution in [1.29, 1.82) is 0 Å². The van der Waals surface area contributed by atoms with Crippen molar-refractivity contribution in [2.75, 3.05) is 0 Å². The molecule has 2 heterocycles. The van der Waals surface area contributed by atoms with Crippen LogP contribution >= 0.6 is 0 Å². The Bertz CT molecular complexity index is 871. The number of carboxylic acid groups (broad SMARTS) is 1. The molecule has 8 nitrogen and oxygen atoms in total. The molecule has 0 aliphatic heterocycles. The van der Waals surface area contributed by atoms with E-state index in [1.165, 1.54) is 29.1 Å². The molecule has 8 heteroatoms. The molecule has 104 valence electrons. The Kier molecular flexibility index (Phi) is 2.83. The third kappa shape index (κ3) is 2.08. The van der Waals surface area contributed by atoms with Crippen molar-refractivity contribution < 1.29 is 14.8 Å². The molecular formula is C13H8N4O4. The SMILES string of the molecule is O=C(O)c1nn(-c2cccc([N+](=O)[O-])c2)c2ncccc12. The number of aromatic nitrogens is 3. The van der Waals surface area contributed by atoms with Crippen LogP contribution in [-0.2, 0) is 0 Å². The number of benzene rings is 1. The maximum Gasteiger partial charge on any atom is 0.357 e. The highest BCUT2D eigenvalue weighted by molar-refractivity contribution is 6.00. The molecule has 1 aromatic carbocycles. The van der Waals surface area contributed by atoms with Gasteiger partial charge in [-0.05, 0) is 18.2 Å². The Balaban J connectivity index is 2.28. The predicted octanol–water partition coefficient (Wildman–Crippen LogP) is 2.03. The van der Waals surface area contributed by atoms with Gasteiger partial charge in [0.05, 0.1) is 16.0 Å². The van der Waals surface area contributed by atoms with Crippen molar-refractivity contribution in [2.24, 2.45) is 0 Å². The number of hydrogen-bond donors (Lipinski definition) is 1. The van der Waals surface area contributed by atoms with Gasteiger partial charge in [-0.2, -0.15) is 5.10 Å². The number of pyridine rings is 1. The van der Waals surface area contributed by atoms with Crippen molar-refractivity contribution in [3.05, 3.63) is 58.4 Å². The lowest BCUT2D eigenvalue weighted by Gasteiger charge is -2.02. The largest absolute Gasteiger partial charge is 0.476 e. The van der Waals surface area contributed by atoms with E-state index in [1.807, 2.05) is 0 Å². The van der Waals surface area contributed by atoms with E-state index >= 15 is 0 Å². The number of hydrogen-bond acceptors (Lipinski definition) is 5. The highest BCUT2D eigenvalue weighted by atomic mass is 16.6. The number of nitro groups is 1. The van der Waals surface area contributed by atoms with E-state index in [-0.39, 0.29) is 11.4 Å². The minimum atomic E-state index is -1.18. The first-order chi connectivity index (χ1) is 10.1. The number of fused-ring (bicyclic) bond motifs is 1. The molecule has 0 amide bonds. The first-order valence-corrected chi connectivity index (χ1v) is 5.90. The van der Waals surface area contributed by atoms with E-state index in [9.17, 15) is 20.0 Å². The lowest BCUT2D eigenvalue weighted by atomic mass is 10.2. The van der Waals surface area contributed by atoms with E-state index < -0.39 is 10.9 Å². The second-order valence-corrected chi connectivity index (χ2v) is 4.22. The fraction of sp³-hybridized carbons (Fsp3) is 0. The number of carbonyl (C=O) groups is 1. The highest BCUT2D eigenvalue weighted by Crippen LogP contribution is 2.22. The van der Waals surface area contributed by atoms with Crippen LogP contribution in [0.5, 0.6) is 0 Å². The van der Waals surface area contributed by atoms with Crippen molar-refractivity contribution in [1.82, 2.24) is 14.8 Å². The highest BCUT2D eigenvalue weighted by Gasteiger charge is 2.18. The number of non-ortho nitro benzene ring substituents is 1. The lowest BCUT2D eigenvalue weighted by Crippen LogP contribution is -2.02. The summed E-state index contributed by atoms with van der Waals surface area (Å²) in [5.41, 5.74) is 0.448. The summed E-state index contributed by atoms with van der Waals surface area (Å²) in [6.07, 6.45) is 1.50. The molecule has 0 unspecified atom stereocenters. The molecule has 0 fully saturated rings. The average molecular weight is 284 g/mol. The smallest absolute Gasteiger partial charge is 0.357 e. The van der Waals surface area contributed by atoms with Crippen LogP contribution in [0.2, 0.25) is 0 Å². The minimum Gasteiger partial charge on any atom is -0.476 e. The van der Waals surface area contributed by atoms with Gasteiger partial charge >= 0.3 is 5.97 Å². The summed E-state index contributed by atoms with van der Waals surface area (Å²) in [5, 5.41) is 24.4. The number of rotatable bonds is 3. The Morgan fingerprint density at radius 3 is 2.81 bits per heavy atom. The molecule has 0 spiro atoms. The normalized spacial score (nSPS) is 10.7. The van der Waals surface area contributed by atoms with Crippen molar-refractivity contribution in [3.63, 3.8) is 0 Å². The molecule has 0 aliphatic rings. The van der Waals surface area contributed by atoms with Gasteiger partial charge in [0.25, 0.3) is 5.69 Å². The van der Waals surface area contributed by atoms with E-state index in [2.05, 4.69) is 10.1 Å². The van der Waals surface area contributed by atoms with Gasteiger partial charge in [-0.15, -0.1) is 0 Å². The van der Waals surface area contributed by atoms with Gasteiger partial charge in [0, 0.05) is 18.3 Å². The zero-order chi connectivity index (χ0) is 15.0. The molecule has 21 heavy (non-hydrogen) atoms. The molecule has 0 saturated heterocycles. The summed E-state index contributed by atoms with van der Waals surface area (Å²) in [6, 6.07) is 8.96. The van der Waals surface area contributed by atoms with Gasteiger partial charge in [-0.1, -0.05) is 6.07 Å². The molecule has 0 aliphatic carbocycles. The standard InChI is InChI=1S/C13H8N4O4/c18-13(19)11-10-5-2-6-14-12(10)16(15-11)8-3-1-4-9(7-8)17(20)21/h1-7H,(H,18,19). The fourth-order valence-electron chi connectivity index (χ4n) is 2.03. The molecule has 0 atom stereocenters. The van der Waals surface area contributed by atoms with Crippen molar-refractivity contribution in [3.8, 4) is 5.69 Å². The van der Waals surface area contributed by atoms with Crippen LogP contribution in [0.3, 0.4) is 0 Å². The van der Waals surface area contributed by atoms with E-state index in [1.54, 1.807) is 18.2 Å². The van der Waals surface area contributed by atoms with E-state index in [0.29, 0.717) is 16.7 Å². The zero-order valence-corrected chi connectivity index (χ0v) is 10.5. The zero-order valence-electron chi connectivity index (χ0n) is 10.5. The van der Waals surface area contributed by atoms with Gasteiger partial charge in [0.2, 0.25) is 0 Å². The van der Waals surface area contributed by atoms with Crippen LogP contribution in [0.25, 0.3) is 16.7 Å². The van der Waals surface area contributed by atoms with Crippen molar-refractivity contribution in [2.45, 2.75) is 0 Å². The molecule has 1 N–H and O–H groups in total. The second-order valence-electron chi connectivity index (χ2n) is 4.22. The fourth-order valence-corrected chi connectivity index (χ4v) is 2.03. The molecule has 3 aromatic rings. The number of nitro benzene ring substituents is 1. The Morgan fingerprint density at radius 2 is 2.10 bits per heavy atom.